The number of halogens is 1. The van der Waals surface area contributed by atoms with Gasteiger partial charge in [-0.2, -0.15) is 0 Å². The molecule has 0 spiro atoms. The van der Waals surface area contributed by atoms with Crippen LogP contribution in [0.3, 0.4) is 0 Å². The topological polar surface area (TPSA) is 49.7 Å². The summed E-state index contributed by atoms with van der Waals surface area (Å²) in [6, 6.07) is 1.51. The summed E-state index contributed by atoms with van der Waals surface area (Å²) in [7, 11) is 1.41. The Labute approximate surface area is 81.5 Å². The van der Waals surface area contributed by atoms with Crippen LogP contribution in [0.1, 0.15) is 11.1 Å². The van der Waals surface area contributed by atoms with Gasteiger partial charge in [0.1, 0.15) is 0 Å². The molecule has 0 atom stereocenters. The van der Waals surface area contributed by atoms with Crippen LogP contribution in [0.15, 0.2) is 6.07 Å². The molecule has 0 aliphatic rings. The number of aromatic hydroxyl groups is 1. The molecule has 0 aromatic heterocycles. The van der Waals surface area contributed by atoms with Crippen molar-refractivity contribution in [2.24, 2.45) is 0 Å². The van der Waals surface area contributed by atoms with E-state index in [-0.39, 0.29) is 23.1 Å². The lowest BCUT2D eigenvalue weighted by Crippen LogP contribution is -1.94. The van der Waals surface area contributed by atoms with E-state index in [1.165, 1.54) is 13.2 Å². The summed E-state index contributed by atoms with van der Waals surface area (Å²) in [5, 5.41) is 18.7. The highest BCUT2D eigenvalue weighted by atomic mass is 35.5. The molecule has 0 aliphatic carbocycles. The zero-order valence-corrected chi connectivity index (χ0v) is 8.22. The van der Waals surface area contributed by atoms with E-state index in [0.29, 0.717) is 5.56 Å². The Balaban J connectivity index is 3.39. The summed E-state index contributed by atoms with van der Waals surface area (Å²) in [6.45, 7) is 1.60. The van der Waals surface area contributed by atoms with Gasteiger partial charge in [0.15, 0.2) is 11.5 Å². The summed E-state index contributed by atoms with van der Waals surface area (Å²) in [5.74, 6) is 0.193. The Kier molecular flexibility index (Phi) is 3.01. The average molecular weight is 203 g/mol. The zero-order valence-electron chi connectivity index (χ0n) is 7.47. The van der Waals surface area contributed by atoms with Gasteiger partial charge in [-0.15, -0.1) is 0 Å². The second-order valence-corrected chi connectivity index (χ2v) is 3.07. The molecule has 0 unspecified atom stereocenters. The maximum absolute atomic E-state index is 9.40. The number of phenols is 1. The molecular formula is C9H11ClO3. The molecule has 1 aromatic carbocycles. The van der Waals surface area contributed by atoms with E-state index in [9.17, 15) is 5.11 Å². The van der Waals surface area contributed by atoms with Crippen molar-refractivity contribution < 1.29 is 14.9 Å². The monoisotopic (exact) mass is 202 g/mol. The number of aliphatic hydroxyl groups is 1. The molecule has 0 aliphatic heterocycles. The fourth-order valence-electron chi connectivity index (χ4n) is 1.17. The number of rotatable bonds is 2. The lowest BCUT2D eigenvalue weighted by atomic mass is 10.1. The van der Waals surface area contributed by atoms with Crippen LogP contribution < -0.4 is 4.74 Å². The van der Waals surface area contributed by atoms with Crippen LogP contribution in [0.25, 0.3) is 0 Å². The molecule has 0 amide bonds. The van der Waals surface area contributed by atoms with Crippen LogP contribution in [-0.2, 0) is 6.61 Å². The Morgan fingerprint density at radius 3 is 2.62 bits per heavy atom. The first-order valence-electron chi connectivity index (χ1n) is 3.77. The van der Waals surface area contributed by atoms with Crippen molar-refractivity contribution in [3.63, 3.8) is 0 Å². The fraction of sp³-hybridized carbons (Fsp3) is 0.333. The molecule has 1 rings (SSSR count). The number of hydrogen-bond donors (Lipinski definition) is 2. The van der Waals surface area contributed by atoms with Gasteiger partial charge in [-0.3, -0.25) is 0 Å². The first-order chi connectivity index (χ1) is 6.11. The molecule has 2 N–H and O–H groups in total. The van der Waals surface area contributed by atoms with E-state index < -0.39 is 0 Å². The molecule has 3 nitrogen and oxygen atoms in total. The quantitative estimate of drug-likeness (QED) is 0.770. The van der Waals surface area contributed by atoms with Gasteiger partial charge in [0.2, 0.25) is 0 Å². The normalized spacial score (nSPS) is 10.2. The third-order valence-corrected chi connectivity index (χ3v) is 2.29. The van der Waals surface area contributed by atoms with E-state index in [0.717, 1.165) is 5.56 Å². The van der Waals surface area contributed by atoms with E-state index in [4.69, 9.17) is 21.4 Å². The summed E-state index contributed by atoms with van der Waals surface area (Å²) >= 11 is 5.87. The lowest BCUT2D eigenvalue weighted by Gasteiger charge is -2.11. The van der Waals surface area contributed by atoms with Crippen molar-refractivity contribution in [1.29, 1.82) is 0 Å². The van der Waals surface area contributed by atoms with Gasteiger partial charge in [0, 0.05) is 5.56 Å². The molecule has 0 saturated carbocycles. The summed E-state index contributed by atoms with van der Waals surface area (Å²) < 4.78 is 4.88. The number of methoxy groups -OCH3 is 1. The highest BCUT2D eigenvalue weighted by Crippen LogP contribution is 2.38. The second-order valence-electron chi connectivity index (χ2n) is 2.70. The van der Waals surface area contributed by atoms with E-state index in [1.807, 2.05) is 0 Å². The zero-order chi connectivity index (χ0) is 10.0. The summed E-state index contributed by atoms with van der Waals surface area (Å²) in [4.78, 5) is 0. The van der Waals surface area contributed by atoms with E-state index in [1.54, 1.807) is 6.92 Å². The van der Waals surface area contributed by atoms with Crippen LogP contribution in [0.5, 0.6) is 11.5 Å². The minimum Gasteiger partial charge on any atom is -0.504 e. The standard InChI is InChI=1S/C9H11ClO3/c1-5-3-7(12)9(13-2)8(10)6(5)4-11/h3,11-12H,4H2,1-2H3. The SMILES string of the molecule is COc1c(O)cc(C)c(CO)c1Cl. The Hall–Kier alpha value is -0.930. The molecule has 0 bridgehead atoms. The van der Waals surface area contributed by atoms with Crippen molar-refractivity contribution in [1.82, 2.24) is 0 Å². The maximum atomic E-state index is 9.40. The van der Waals surface area contributed by atoms with Gasteiger partial charge in [-0.1, -0.05) is 11.6 Å². The van der Waals surface area contributed by atoms with Gasteiger partial charge in [-0.05, 0) is 18.6 Å². The number of benzene rings is 1. The molecule has 0 radical (unpaired) electrons. The van der Waals surface area contributed by atoms with Crippen molar-refractivity contribution >= 4 is 11.6 Å². The molecule has 4 heteroatoms. The first kappa shape index (κ1) is 10.2. The first-order valence-corrected chi connectivity index (χ1v) is 4.15. The minimum absolute atomic E-state index is 0.0119. The number of ether oxygens (including phenoxy) is 1. The number of hydrogen-bond acceptors (Lipinski definition) is 3. The summed E-state index contributed by atoms with van der Waals surface area (Å²) in [6.07, 6.45) is 0. The van der Waals surface area contributed by atoms with Crippen LogP contribution >= 0.6 is 11.6 Å². The molecule has 0 heterocycles. The molecule has 1 aromatic rings. The number of aryl methyl sites for hydroxylation is 1. The van der Waals surface area contributed by atoms with Crippen LogP contribution in [-0.4, -0.2) is 17.3 Å². The van der Waals surface area contributed by atoms with Gasteiger partial charge >= 0.3 is 0 Å². The van der Waals surface area contributed by atoms with Crippen LogP contribution in [0.2, 0.25) is 5.02 Å². The number of phenolic OH excluding ortho intramolecular Hbond substituents is 1. The van der Waals surface area contributed by atoms with Crippen LogP contribution in [0.4, 0.5) is 0 Å². The minimum atomic E-state index is -0.165. The van der Waals surface area contributed by atoms with Crippen molar-refractivity contribution in [2.45, 2.75) is 13.5 Å². The largest absolute Gasteiger partial charge is 0.504 e. The Bertz CT molecular complexity index is 295. The third-order valence-electron chi connectivity index (χ3n) is 1.89. The van der Waals surface area contributed by atoms with Crippen molar-refractivity contribution in [3.05, 3.63) is 22.2 Å². The van der Waals surface area contributed by atoms with Crippen molar-refractivity contribution in [2.75, 3.05) is 7.11 Å². The molecule has 0 fully saturated rings. The van der Waals surface area contributed by atoms with Gasteiger partial charge < -0.3 is 14.9 Å². The molecule has 72 valence electrons. The summed E-state index contributed by atoms with van der Waals surface area (Å²) in [5.41, 5.74) is 1.32. The fourth-order valence-corrected chi connectivity index (χ4v) is 1.55. The van der Waals surface area contributed by atoms with Gasteiger partial charge in [0.25, 0.3) is 0 Å². The molecular weight excluding hydrogens is 192 g/mol. The van der Waals surface area contributed by atoms with Crippen LogP contribution in [0, 0.1) is 6.92 Å². The Morgan fingerprint density at radius 2 is 2.15 bits per heavy atom. The highest BCUT2D eigenvalue weighted by Gasteiger charge is 2.13. The highest BCUT2D eigenvalue weighted by molar-refractivity contribution is 6.33. The Morgan fingerprint density at radius 1 is 1.54 bits per heavy atom. The van der Waals surface area contributed by atoms with Gasteiger partial charge in [0.05, 0.1) is 18.7 Å². The predicted octanol–water partition coefficient (Wildman–Crippen LogP) is 1.85. The van der Waals surface area contributed by atoms with E-state index in [2.05, 4.69) is 0 Å². The molecule has 13 heavy (non-hydrogen) atoms. The van der Waals surface area contributed by atoms with Gasteiger partial charge in [-0.25, -0.2) is 0 Å². The molecule has 0 saturated heterocycles. The van der Waals surface area contributed by atoms with E-state index >= 15 is 0 Å². The second kappa shape index (κ2) is 3.85. The van der Waals surface area contributed by atoms with Crippen molar-refractivity contribution in [3.8, 4) is 11.5 Å². The predicted molar refractivity (Wildman–Crippen MR) is 50.3 cm³/mol. The average Bonchev–Trinajstić information content (AvgIpc) is 2.04. The third kappa shape index (κ3) is 1.71. The smallest absolute Gasteiger partial charge is 0.179 e. The maximum Gasteiger partial charge on any atom is 0.179 e. The number of aliphatic hydroxyl groups excluding tert-OH is 1. The lowest BCUT2D eigenvalue weighted by molar-refractivity contribution is 0.279.